The molecule has 0 radical (unpaired) electrons. The maximum Gasteiger partial charge on any atom is 0.113 e. The first-order valence-corrected chi connectivity index (χ1v) is 8.93. The van der Waals surface area contributed by atoms with Crippen LogP contribution in [0.15, 0.2) is 72.8 Å². The molecule has 134 valence electrons. The lowest BCUT2D eigenvalue weighted by Crippen LogP contribution is -1.89. The van der Waals surface area contributed by atoms with Crippen LogP contribution in [-0.4, -0.2) is 30.0 Å². The highest BCUT2D eigenvalue weighted by atomic mass is 15.4. The largest absolute Gasteiger partial charge is 0.220 e. The Hall–Kier alpha value is -4.06. The third kappa shape index (κ3) is 3.07. The molecule has 0 atom stereocenters. The number of para-hydroxylation sites is 2. The number of hydrogen-bond donors (Lipinski definition) is 0. The molecule has 0 aliphatic carbocycles. The molecule has 0 aliphatic rings. The van der Waals surface area contributed by atoms with Crippen LogP contribution in [0.1, 0.15) is 11.1 Å². The van der Waals surface area contributed by atoms with E-state index in [0.717, 1.165) is 33.2 Å². The number of fused-ring (bicyclic) bond motifs is 2. The van der Waals surface area contributed by atoms with Gasteiger partial charge in [0.15, 0.2) is 0 Å². The molecule has 2 aromatic heterocycles. The smallest absolute Gasteiger partial charge is 0.113 e. The van der Waals surface area contributed by atoms with Crippen molar-refractivity contribution < 1.29 is 0 Å². The summed E-state index contributed by atoms with van der Waals surface area (Å²) in [5, 5.41) is 16.6. The van der Waals surface area contributed by atoms with E-state index in [1.54, 1.807) is 9.36 Å². The molecule has 0 spiro atoms. The molecule has 6 heteroatoms. The van der Waals surface area contributed by atoms with E-state index in [2.05, 4.69) is 44.9 Å². The minimum absolute atomic E-state index is 0.883. The lowest BCUT2D eigenvalue weighted by atomic mass is 10.1. The summed E-state index contributed by atoms with van der Waals surface area (Å²) < 4.78 is 3.55. The van der Waals surface area contributed by atoms with E-state index in [4.69, 9.17) is 0 Å². The Morgan fingerprint density at radius 1 is 0.536 bits per heavy atom. The number of benzene rings is 3. The van der Waals surface area contributed by atoms with Gasteiger partial charge in [0.25, 0.3) is 0 Å². The zero-order valence-electron chi connectivity index (χ0n) is 14.9. The van der Waals surface area contributed by atoms with Crippen LogP contribution in [0, 0.1) is 0 Å². The van der Waals surface area contributed by atoms with E-state index in [0.29, 0.717) is 0 Å². The van der Waals surface area contributed by atoms with Crippen LogP contribution < -0.4 is 0 Å². The molecule has 0 amide bonds. The van der Waals surface area contributed by atoms with Crippen molar-refractivity contribution in [1.82, 2.24) is 30.0 Å². The van der Waals surface area contributed by atoms with E-state index in [9.17, 15) is 0 Å². The van der Waals surface area contributed by atoms with Gasteiger partial charge in [-0.15, -0.1) is 10.2 Å². The van der Waals surface area contributed by atoms with Crippen molar-refractivity contribution in [2.75, 3.05) is 0 Å². The fourth-order valence-corrected chi connectivity index (χ4v) is 3.03. The molecule has 5 aromatic rings. The van der Waals surface area contributed by atoms with Gasteiger partial charge in [-0.25, -0.2) is 9.36 Å². The summed E-state index contributed by atoms with van der Waals surface area (Å²) in [5.41, 5.74) is 5.91. The van der Waals surface area contributed by atoms with E-state index < -0.39 is 0 Å². The van der Waals surface area contributed by atoms with Gasteiger partial charge in [-0.3, -0.25) is 0 Å². The normalized spacial score (nSPS) is 12.0. The molecule has 0 aliphatic heterocycles. The van der Waals surface area contributed by atoms with Gasteiger partial charge >= 0.3 is 0 Å². The van der Waals surface area contributed by atoms with E-state index in [1.165, 1.54) is 0 Å². The third-order valence-corrected chi connectivity index (χ3v) is 4.51. The fraction of sp³-hybridized carbons (Fsp3) is 0. The highest BCUT2D eigenvalue weighted by molar-refractivity contribution is 5.79. The molecule has 5 rings (SSSR count). The maximum absolute atomic E-state index is 4.16. The molecular weight excluding hydrogens is 348 g/mol. The third-order valence-electron chi connectivity index (χ3n) is 4.51. The quantitative estimate of drug-likeness (QED) is 0.473. The lowest BCUT2D eigenvalue weighted by molar-refractivity contribution is 0.863. The molecule has 6 nitrogen and oxygen atoms in total. The summed E-state index contributed by atoms with van der Waals surface area (Å²) in [4.78, 5) is 0. The van der Waals surface area contributed by atoms with Crippen molar-refractivity contribution in [2.24, 2.45) is 0 Å². The van der Waals surface area contributed by atoms with Gasteiger partial charge < -0.3 is 0 Å². The first-order valence-electron chi connectivity index (χ1n) is 8.93. The van der Waals surface area contributed by atoms with Gasteiger partial charge in [0.05, 0.1) is 11.0 Å². The lowest BCUT2D eigenvalue weighted by Gasteiger charge is -1.98. The van der Waals surface area contributed by atoms with Crippen LogP contribution in [-0.2, 0) is 0 Å². The number of rotatable bonds is 4. The van der Waals surface area contributed by atoms with Crippen molar-refractivity contribution in [3.05, 3.63) is 83.9 Å². The molecule has 3 aromatic carbocycles. The van der Waals surface area contributed by atoms with Gasteiger partial charge in [-0.2, -0.15) is 0 Å². The van der Waals surface area contributed by atoms with Gasteiger partial charge in [-0.05, 0) is 47.5 Å². The van der Waals surface area contributed by atoms with E-state index in [1.807, 2.05) is 73.1 Å². The second kappa shape index (κ2) is 6.92. The second-order valence-electron chi connectivity index (χ2n) is 6.34. The summed E-state index contributed by atoms with van der Waals surface area (Å²) in [7, 11) is 0. The molecule has 2 heterocycles. The molecule has 28 heavy (non-hydrogen) atoms. The Morgan fingerprint density at radius 3 is 1.43 bits per heavy atom. The Balaban J connectivity index is 1.34. The summed E-state index contributed by atoms with van der Waals surface area (Å²) >= 11 is 0. The van der Waals surface area contributed by atoms with Gasteiger partial charge in [0, 0.05) is 12.4 Å². The van der Waals surface area contributed by atoms with Crippen LogP contribution in [0.5, 0.6) is 0 Å². The van der Waals surface area contributed by atoms with Crippen molar-refractivity contribution >= 4 is 46.6 Å². The number of hydrogen-bond acceptors (Lipinski definition) is 4. The van der Waals surface area contributed by atoms with E-state index >= 15 is 0 Å². The predicted octanol–water partition coefficient (Wildman–Crippen LogP) is 4.43. The zero-order chi connectivity index (χ0) is 18.8. The minimum Gasteiger partial charge on any atom is -0.220 e. The number of aromatic nitrogens is 6. The van der Waals surface area contributed by atoms with Crippen LogP contribution in [0.2, 0.25) is 0 Å². The topological polar surface area (TPSA) is 61.4 Å². The minimum atomic E-state index is 0.883. The summed E-state index contributed by atoms with van der Waals surface area (Å²) in [6.45, 7) is 0. The Labute approximate surface area is 161 Å². The molecule has 0 fully saturated rings. The first kappa shape index (κ1) is 16.1. The average Bonchev–Trinajstić information content (AvgIpc) is 3.36. The molecule has 0 N–H and O–H groups in total. The first-order chi connectivity index (χ1) is 13.9. The van der Waals surface area contributed by atoms with Crippen LogP contribution in [0.25, 0.3) is 46.6 Å². The summed E-state index contributed by atoms with van der Waals surface area (Å²) in [6.07, 6.45) is 7.86. The van der Waals surface area contributed by atoms with Gasteiger partial charge in [0.1, 0.15) is 11.0 Å². The summed E-state index contributed by atoms with van der Waals surface area (Å²) in [5.74, 6) is 0. The van der Waals surface area contributed by atoms with Crippen molar-refractivity contribution in [2.45, 2.75) is 0 Å². The highest BCUT2D eigenvalue weighted by Crippen LogP contribution is 2.14. The van der Waals surface area contributed by atoms with Crippen LogP contribution in [0.4, 0.5) is 0 Å². The summed E-state index contributed by atoms with van der Waals surface area (Å²) in [6, 6.07) is 24.0. The predicted molar refractivity (Wildman–Crippen MR) is 112 cm³/mol. The molecular formula is C22H16N6. The maximum atomic E-state index is 4.16. The van der Waals surface area contributed by atoms with Gasteiger partial charge in [-0.1, -0.05) is 59.0 Å². The van der Waals surface area contributed by atoms with Crippen molar-refractivity contribution in [3.8, 4) is 0 Å². The SMILES string of the molecule is C(=C\n1nnc2ccccc21)/c1ccc(/C=C/n2nnc3ccccc32)cc1. The second-order valence-corrected chi connectivity index (χ2v) is 6.34. The molecule has 0 bridgehead atoms. The van der Waals surface area contributed by atoms with Crippen LogP contribution in [0.3, 0.4) is 0 Å². The Kier molecular flexibility index (Phi) is 3.99. The molecule has 0 unspecified atom stereocenters. The zero-order valence-corrected chi connectivity index (χ0v) is 14.9. The average molecular weight is 364 g/mol. The number of nitrogens with zero attached hydrogens (tertiary/aromatic N) is 6. The standard InChI is InChI=1S/C22H16N6/c1-3-7-21-19(5-1)23-25-27(21)15-13-17-9-11-18(12-10-17)14-16-28-22-8-4-2-6-20(22)24-26-28/h1-16H/b15-13+,16-14+. The Morgan fingerprint density at radius 2 is 0.964 bits per heavy atom. The molecule has 0 saturated heterocycles. The highest BCUT2D eigenvalue weighted by Gasteiger charge is 2.00. The Bertz CT molecular complexity index is 1200. The van der Waals surface area contributed by atoms with Crippen molar-refractivity contribution in [1.29, 1.82) is 0 Å². The van der Waals surface area contributed by atoms with Crippen molar-refractivity contribution in [3.63, 3.8) is 0 Å². The van der Waals surface area contributed by atoms with Crippen LogP contribution >= 0.6 is 0 Å². The molecule has 0 saturated carbocycles. The monoisotopic (exact) mass is 364 g/mol. The van der Waals surface area contributed by atoms with Gasteiger partial charge in [0.2, 0.25) is 0 Å². The fourth-order valence-electron chi connectivity index (χ4n) is 3.03. The van der Waals surface area contributed by atoms with E-state index in [-0.39, 0.29) is 0 Å².